The Labute approximate surface area is 98.0 Å². The van der Waals surface area contributed by atoms with Gasteiger partial charge in [0.05, 0.1) is 5.75 Å². The van der Waals surface area contributed by atoms with E-state index in [1.165, 1.54) is 11.8 Å². The van der Waals surface area contributed by atoms with Gasteiger partial charge in [0, 0.05) is 25.0 Å². The van der Waals surface area contributed by atoms with E-state index in [-0.39, 0.29) is 5.75 Å². The fraction of sp³-hybridized carbons (Fsp3) is 0.500. The fourth-order valence-corrected chi connectivity index (χ4v) is 2.12. The SMILES string of the molecule is CCN(CCS(C)(=O)=O)c1cccc(C)c1. The molecule has 1 rings (SSSR count). The van der Waals surface area contributed by atoms with Crippen LogP contribution in [0.15, 0.2) is 24.3 Å². The molecular weight excluding hydrogens is 222 g/mol. The Morgan fingerprint density at radius 1 is 1.31 bits per heavy atom. The van der Waals surface area contributed by atoms with E-state index in [4.69, 9.17) is 0 Å². The zero-order valence-electron chi connectivity index (χ0n) is 10.1. The molecule has 0 unspecified atom stereocenters. The van der Waals surface area contributed by atoms with Crippen molar-refractivity contribution in [3.63, 3.8) is 0 Å². The van der Waals surface area contributed by atoms with Gasteiger partial charge in [0.25, 0.3) is 0 Å². The van der Waals surface area contributed by atoms with Crippen LogP contribution in [0.4, 0.5) is 5.69 Å². The van der Waals surface area contributed by atoms with E-state index < -0.39 is 9.84 Å². The third-order valence-electron chi connectivity index (χ3n) is 2.48. The second-order valence-electron chi connectivity index (χ2n) is 4.05. The van der Waals surface area contributed by atoms with E-state index in [0.29, 0.717) is 6.54 Å². The number of hydrogen-bond acceptors (Lipinski definition) is 3. The van der Waals surface area contributed by atoms with E-state index in [1.54, 1.807) is 0 Å². The Balaban J connectivity index is 2.75. The van der Waals surface area contributed by atoms with Crippen molar-refractivity contribution in [1.82, 2.24) is 0 Å². The van der Waals surface area contributed by atoms with Gasteiger partial charge in [-0.2, -0.15) is 0 Å². The third-order valence-corrected chi connectivity index (χ3v) is 3.40. The summed E-state index contributed by atoms with van der Waals surface area (Å²) in [5.74, 6) is 0.203. The predicted molar refractivity (Wildman–Crippen MR) is 68.8 cm³/mol. The van der Waals surface area contributed by atoms with Crippen LogP contribution >= 0.6 is 0 Å². The molecule has 16 heavy (non-hydrogen) atoms. The van der Waals surface area contributed by atoms with Gasteiger partial charge in [0.1, 0.15) is 9.84 Å². The minimum absolute atomic E-state index is 0.203. The maximum atomic E-state index is 11.1. The molecule has 0 bridgehead atoms. The fourth-order valence-electron chi connectivity index (χ4n) is 1.57. The summed E-state index contributed by atoms with van der Waals surface area (Å²) in [7, 11) is -2.89. The lowest BCUT2D eigenvalue weighted by atomic mass is 10.2. The van der Waals surface area contributed by atoms with Gasteiger partial charge in [-0.05, 0) is 31.5 Å². The molecule has 0 heterocycles. The maximum Gasteiger partial charge on any atom is 0.149 e. The van der Waals surface area contributed by atoms with Crippen LogP contribution in [0.2, 0.25) is 0 Å². The number of sulfone groups is 1. The number of nitrogens with zero attached hydrogens (tertiary/aromatic N) is 1. The second kappa shape index (κ2) is 5.34. The third kappa shape index (κ3) is 4.23. The number of hydrogen-bond donors (Lipinski definition) is 0. The molecule has 3 nitrogen and oxygen atoms in total. The van der Waals surface area contributed by atoms with E-state index in [0.717, 1.165) is 12.2 Å². The van der Waals surface area contributed by atoms with Crippen molar-refractivity contribution in [2.75, 3.05) is 30.0 Å². The monoisotopic (exact) mass is 241 g/mol. The first-order valence-electron chi connectivity index (χ1n) is 5.41. The van der Waals surface area contributed by atoms with Crippen LogP contribution in [0.3, 0.4) is 0 Å². The van der Waals surface area contributed by atoms with E-state index >= 15 is 0 Å². The van der Waals surface area contributed by atoms with Crippen molar-refractivity contribution in [2.24, 2.45) is 0 Å². The topological polar surface area (TPSA) is 37.4 Å². The molecule has 0 aliphatic heterocycles. The molecule has 0 saturated carbocycles. The number of benzene rings is 1. The number of aryl methyl sites for hydroxylation is 1. The van der Waals surface area contributed by atoms with Crippen molar-refractivity contribution in [3.05, 3.63) is 29.8 Å². The first-order chi connectivity index (χ1) is 7.42. The lowest BCUT2D eigenvalue weighted by Crippen LogP contribution is -2.28. The van der Waals surface area contributed by atoms with Crippen molar-refractivity contribution in [2.45, 2.75) is 13.8 Å². The first kappa shape index (κ1) is 13.0. The summed E-state index contributed by atoms with van der Waals surface area (Å²) in [4.78, 5) is 2.08. The first-order valence-corrected chi connectivity index (χ1v) is 7.48. The smallest absolute Gasteiger partial charge is 0.149 e. The van der Waals surface area contributed by atoms with Crippen LogP contribution in [0.5, 0.6) is 0 Å². The normalized spacial score (nSPS) is 11.4. The summed E-state index contributed by atoms with van der Waals surface area (Å²) in [6, 6.07) is 8.12. The van der Waals surface area contributed by atoms with Crippen LogP contribution in [-0.2, 0) is 9.84 Å². The largest absolute Gasteiger partial charge is 0.371 e. The summed E-state index contributed by atoms with van der Waals surface area (Å²) in [6.45, 7) is 5.44. The maximum absolute atomic E-state index is 11.1. The highest BCUT2D eigenvalue weighted by atomic mass is 32.2. The Kier molecular flexibility index (Phi) is 4.35. The Morgan fingerprint density at radius 2 is 2.00 bits per heavy atom. The minimum Gasteiger partial charge on any atom is -0.371 e. The van der Waals surface area contributed by atoms with Gasteiger partial charge in [-0.1, -0.05) is 12.1 Å². The van der Waals surface area contributed by atoms with E-state index in [2.05, 4.69) is 11.0 Å². The zero-order chi connectivity index (χ0) is 12.2. The summed E-state index contributed by atoms with van der Waals surface area (Å²) >= 11 is 0. The molecule has 0 spiro atoms. The zero-order valence-corrected chi connectivity index (χ0v) is 10.9. The molecule has 0 aliphatic rings. The second-order valence-corrected chi connectivity index (χ2v) is 6.31. The number of anilines is 1. The van der Waals surface area contributed by atoms with Crippen molar-refractivity contribution in [3.8, 4) is 0 Å². The molecule has 4 heteroatoms. The summed E-state index contributed by atoms with van der Waals surface area (Å²) in [5, 5.41) is 0. The average Bonchev–Trinajstić information content (AvgIpc) is 2.17. The van der Waals surface area contributed by atoms with Crippen molar-refractivity contribution < 1.29 is 8.42 Å². The van der Waals surface area contributed by atoms with Crippen LogP contribution in [0.1, 0.15) is 12.5 Å². The van der Waals surface area contributed by atoms with Crippen LogP contribution in [0.25, 0.3) is 0 Å². The Hall–Kier alpha value is -1.03. The molecule has 1 aromatic rings. The van der Waals surface area contributed by atoms with Gasteiger partial charge in [-0.15, -0.1) is 0 Å². The van der Waals surface area contributed by atoms with Crippen LogP contribution in [0, 0.1) is 6.92 Å². The molecule has 0 amide bonds. The van der Waals surface area contributed by atoms with Gasteiger partial charge >= 0.3 is 0 Å². The summed E-state index contributed by atoms with van der Waals surface area (Å²) in [5.41, 5.74) is 2.28. The average molecular weight is 241 g/mol. The minimum atomic E-state index is -2.89. The molecule has 0 saturated heterocycles. The predicted octanol–water partition coefficient (Wildman–Crippen LogP) is 1.87. The highest BCUT2D eigenvalue weighted by molar-refractivity contribution is 7.90. The van der Waals surface area contributed by atoms with Crippen LogP contribution in [-0.4, -0.2) is 33.5 Å². The summed E-state index contributed by atoms with van der Waals surface area (Å²) < 4.78 is 22.2. The lowest BCUT2D eigenvalue weighted by molar-refractivity contribution is 0.600. The molecule has 0 fully saturated rings. The Bertz CT molecular complexity index is 440. The van der Waals surface area contributed by atoms with E-state index in [1.807, 2.05) is 32.0 Å². The quantitative estimate of drug-likeness (QED) is 0.789. The highest BCUT2D eigenvalue weighted by Gasteiger charge is 2.08. The molecule has 0 radical (unpaired) electrons. The van der Waals surface area contributed by atoms with Crippen molar-refractivity contribution >= 4 is 15.5 Å². The molecule has 0 aromatic heterocycles. The number of rotatable bonds is 5. The van der Waals surface area contributed by atoms with Crippen molar-refractivity contribution in [1.29, 1.82) is 0 Å². The molecule has 0 aliphatic carbocycles. The standard InChI is InChI=1S/C12H19NO2S/c1-4-13(8-9-16(3,14)15)12-7-5-6-11(2)10-12/h5-7,10H,4,8-9H2,1-3H3. The molecule has 0 atom stereocenters. The van der Waals surface area contributed by atoms with E-state index in [9.17, 15) is 8.42 Å². The highest BCUT2D eigenvalue weighted by Crippen LogP contribution is 2.15. The van der Waals surface area contributed by atoms with Gasteiger partial charge in [0.2, 0.25) is 0 Å². The summed E-state index contributed by atoms with van der Waals surface area (Å²) in [6.07, 6.45) is 1.27. The van der Waals surface area contributed by atoms with Gasteiger partial charge < -0.3 is 4.90 Å². The lowest BCUT2D eigenvalue weighted by Gasteiger charge is -2.23. The Morgan fingerprint density at radius 3 is 2.50 bits per heavy atom. The van der Waals surface area contributed by atoms with Crippen LogP contribution < -0.4 is 4.90 Å². The molecule has 0 N–H and O–H groups in total. The molecule has 1 aromatic carbocycles. The van der Waals surface area contributed by atoms with Gasteiger partial charge in [-0.25, -0.2) is 8.42 Å². The molecular formula is C12H19NO2S. The molecule has 90 valence electrons. The van der Waals surface area contributed by atoms with Gasteiger partial charge in [0.15, 0.2) is 0 Å². The van der Waals surface area contributed by atoms with Gasteiger partial charge in [-0.3, -0.25) is 0 Å².